The molecular weight excluding hydrogens is 180 g/mol. The van der Waals surface area contributed by atoms with Crippen LogP contribution in [0.4, 0.5) is 0 Å². The molecule has 3 heteroatoms. The van der Waals surface area contributed by atoms with E-state index in [0.717, 1.165) is 12.8 Å². The van der Waals surface area contributed by atoms with Gasteiger partial charge in [-0.2, -0.15) is 0 Å². The first kappa shape index (κ1) is 12.9. The zero-order valence-corrected chi connectivity index (χ0v) is 8.82. The molecule has 1 atom stereocenters. The van der Waals surface area contributed by atoms with Crippen molar-refractivity contribution in [3.63, 3.8) is 0 Å². The number of esters is 1. The van der Waals surface area contributed by atoms with Gasteiger partial charge in [0.1, 0.15) is 6.10 Å². The average Bonchev–Trinajstić information content (AvgIpc) is 2.17. The molecule has 0 aliphatic carbocycles. The molecule has 3 nitrogen and oxygen atoms in total. The van der Waals surface area contributed by atoms with E-state index in [0.29, 0.717) is 6.61 Å². The molecule has 0 amide bonds. The van der Waals surface area contributed by atoms with E-state index in [4.69, 9.17) is 4.74 Å². The van der Waals surface area contributed by atoms with Crippen molar-refractivity contribution in [2.45, 2.75) is 32.8 Å². The van der Waals surface area contributed by atoms with Crippen LogP contribution in [0, 0.1) is 0 Å². The lowest BCUT2D eigenvalue weighted by Gasteiger charge is -2.09. The molecule has 0 bridgehead atoms. The van der Waals surface area contributed by atoms with Crippen molar-refractivity contribution in [3.05, 3.63) is 24.3 Å². The van der Waals surface area contributed by atoms with Crippen LogP contribution >= 0.6 is 0 Å². The van der Waals surface area contributed by atoms with E-state index in [9.17, 15) is 9.90 Å². The zero-order chi connectivity index (χ0) is 11.0. The minimum Gasteiger partial charge on any atom is -0.462 e. The molecule has 0 aromatic heterocycles. The first-order chi connectivity index (χ1) is 6.63. The van der Waals surface area contributed by atoms with Crippen molar-refractivity contribution in [2.24, 2.45) is 0 Å². The van der Waals surface area contributed by atoms with E-state index < -0.39 is 12.1 Å². The monoisotopic (exact) mass is 198 g/mol. The molecule has 1 N–H and O–H groups in total. The molecule has 0 aromatic carbocycles. The van der Waals surface area contributed by atoms with Gasteiger partial charge in [-0.25, -0.2) is 4.79 Å². The van der Waals surface area contributed by atoms with Crippen LogP contribution in [0.15, 0.2) is 24.3 Å². The van der Waals surface area contributed by atoms with E-state index >= 15 is 0 Å². The summed E-state index contributed by atoms with van der Waals surface area (Å²) in [5, 5.41) is 9.36. The van der Waals surface area contributed by atoms with Crippen LogP contribution in [0.1, 0.15) is 26.7 Å². The molecule has 0 saturated heterocycles. The second kappa shape index (κ2) is 7.33. The van der Waals surface area contributed by atoms with Gasteiger partial charge >= 0.3 is 5.97 Å². The van der Waals surface area contributed by atoms with Crippen LogP contribution in [-0.4, -0.2) is 23.8 Å². The van der Waals surface area contributed by atoms with E-state index in [-0.39, 0.29) is 5.57 Å². The van der Waals surface area contributed by atoms with Gasteiger partial charge in [-0.05, 0) is 13.3 Å². The molecule has 80 valence electrons. The summed E-state index contributed by atoms with van der Waals surface area (Å²) in [6.45, 7) is 7.64. The van der Waals surface area contributed by atoms with E-state index in [2.05, 4.69) is 6.58 Å². The van der Waals surface area contributed by atoms with Gasteiger partial charge < -0.3 is 9.84 Å². The zero-order valence-electron chi connectivity index (χ0n) is 8.82. The predicted molar refractivity (Wildman–Crippen MR) is 55.8 cm³/mol. The summed E-state index contributed by atoms with van der Waals surface area (Å²) < 4.78 is 4.88. The van der Waals surface area contributed by atoms with Gasteiger partial charge in [0.25, 0.3) is 0 Å². The number of unbranched alkanes of at least 4 members (excludes halogenated alkanes) is 1. The SMILES string of the molecule is C=C(C(=O)OCCCC)C(O)C=CC. The Bertz CT molecular complexity index is 219. The Morgan fingerprint density at radius 1 is 1.64 bits per heavy atom. The number of hydrogen-bond donors (Lipinski definition) is 1. The molecule has 0 spiro atoms. The van der Waals surface area contributed by atoms with Crippen molar-refractivity contribution >= 4 is 5.97 Å². The van der Waals surface area contributed by atoms with Gasteiger partial charge in [0, 0.05) is 0 Å². The molecule has 0 fully saturated rings. The smallest absolute Gasteiger partial charge is 0.336 e. The van der Waals surface area contributed by atoms with E-state index in [1.165, 1.54) is 6.08 Å². The number of carbonyl (C=O) groups is 1. The van der Waals surface area contributed by atoms with Crippen molar-refractivity contribution in [1.29, 1.82) is 0 Å². The minimum absolute atomic E-state index is 0.0826. The third-order valence-electron chi connectivity index (χ3n) is 1.72. The maximum absolute atomic E-state index is 11.2. The number of rotatable bonds is 6. The van der Waals surface area contributed by atoms with Gasteiger partial charge in [0.15, 0.2) is 0 Å². The summed E-state index contributed by atoms with van der Waals surface area (Å²) in [4.78, 5) is 11.2. The van der Waals surface area contributed by atoms with Crippen LogP contribution in [0.25, 0.3) is 0 Å². The first-order valence-corrected chi connectivity index (χ1v) is 4.80. The number of allylic oxidation sites excluding steroid dienone is 1. The Labute approximate surface area is 85.1 Å². The van der Waals surface area contributed by atoms with Crippen LogP contribution in [-0.2, 0) is 9.53 Å². The Morgan fingerprint density at radius 3 is 2.79 bits per heavy atom. The number of hydrogen-bond acceptors (Lipinski definition) is 3. The molecule has 0 heterocycles. The van der Waals surface area contributed by atoms with Crippen molar-refractivity contribution in [3.8, 4) is 0 Å². The summed E-state index contributed by atoms with van der Waals surface area (Å²) in [5.41, 5.74) is 0.0826. The largest absolute Gasteiger partial charge is 0.462 e. The van der Waals surface area contributed by atoms with Crippen LogP contribution in [0.3, 0.4) is 0 Å². The number of ether oxygens (including phenoxy) is 1. The normalized spacial score (nSPS) is 12.8. The lowest BCUT2D eigenvalue weighted by molar-refractivity contribution is -0.139. The fourth-order valence-corrected chi connectivity index (χ4v) is 0.821. The second-order valence-electron chi connectivity index (χ2n) is 2.99. The number of carbonyl (C=O) groups excluding carboxylic acids is 1. The van der Waals surface area contributed by atoms with Gasteiger partial charge in [-0.3, -0.25) is 0 Å². The minimum atomic E-state index is -0.936. The van der Waals surface area contributed by atoms with Crippen LogP contribution in [0.5, 0.6) is 0 Å². The quantitative estimate of drug-likeness (QED) is 0.306. The highest BCUT2D eigenvalue weighted by Crippen LogP contribution is 2.04. The average molecular weight is 198 g/mol. The van der Waals surface area contributed by atoms with Crippen LogP contribution < -0.4 is 0 Å². The Kier molecular flexibility index (Phi) is 6.76. The maximum atomic E-state index is 11.2. The van der Waals surface area contributed by atoms with E-state index in [1.54, 1.807) is 13.0 Å². The molecular formula is C11H18O3. The summed E-state index contributed by atoms with van der Waals surface area (Å²) in [6, 6.07) is 0. The summed E-state index contributed by atoms with van der Waals surface area (Å²) in [5.74, 6) is -0.524. The van der Waals surface area contributed by atoms with Crippen molar-refractivity contribution < 1.29 is 14.6 Å². The summed E-state index contributed by atoms with van der Waals surface area (Å²) in [7, 11) is 0. The molecule has 0 rings (SSSR count). The van der Waals surface area contributed by atoms with Crippen molar-refractivity contribution in [1.82, 2.24) is 0 Å². The van der Waals surface area contributed by atoms with Gasteiger partial charge in [0.2, 0.25) is 0 Å². The third kappa shape index (κ3) is 4.82. The highest BCUT2D eigenvalue weighted by Gasteiger charge is 2.14. The van der Waals surface area contributed by atoms with Gasteiger partial charge in [-0.1, -0.05) is 32.1 Å². The fraction of sp³-hybridized carbons (Fsp3) is 0.545. The lowest BCUT2D eigenvalue weighted by Crippen LogP contribution is -2.17. The molecule has 0 saturated carbocycles. The molecule has 0 aromatic rings. The van der Waals surface area contributed by atoms with Gasteiger partial charge in [-0.15, -0.1) is 0 Å². The Morgan fingerprint density at radius 2 is 2.29 bits per heavy atom. The first-order valence-electron chi connectivity index (χ1n) is 4.80. The molecule has 0 aliphatic rings. The second-order valence-corrected chi connectivity index (χ2v) is 2.99. The van der Waals surface area contributed by atoms with Gasteiger partial charge in [0.05, 0.1) is 12.2 Å². The van der Waals surface area contributed by atoms with Crippen molar-refractivity contribution in [2.75, 3.05) is 6.61 Å². The molecule has 14 heavy (non-hydrogen) atoms. The predicted octanol–water partition coefficient (Wildman–Crippen LogP) is 1.82. The number of aliphatic hydroxyl groups is 1. The maximum Gasteiger partial charge on any atom is 0.336 e. The van der Waals surface area contributed by atoms with E-state index in [1.807, 2.05) is 6.92 Å². The third-order valence-corrected chi connectivity index (χ3v) is 1.72. The Hall–Kier alpha value is -1.09. The highest BCUT2D eigenvalue weighted by molar-refractivity contribution is 5.89. The molecule has 1 unspecified atom stereocenters. The molecule has 0 aliphatic heterocycles. The Balaban J connectivity index is 3.93. The highest BCUT2D eigenvalue weighted by atomic mass is 16.5. The fourth-order valence-electron chi connectivity index (χ4n) is 0.821. The summed E-state index contributed by atoms with van der Waals surface area (Å²) >= 11 is 0. The summed E-state index contributed by atoms with van der Waals surface area (Å²) in [6.07, 6.45) is 4.02. The topological polar surface area (TPSA) is 46.5 Å². The number of aliphatic hydroxyl groups excluding tert-OH is 1. The molecule has 0 radical (unpaired) electrons. The lowest BCUT2D eigenvalue weighted by atomic mass is 10.1. The standard InChI is InChI=1S/C11H18O3/c1-4-6-8-14-11(13)9(3)10(12)7-5-2/h5,7,10,12H,3-4,6,8H2,1-2H3. The van der Waals surface area contributed by atoms with Crippen LogP contribution in [0.2, 0.25) is 0 Å².